The van der Waals surface area contributed by atoms with Crippen molar-refractivity contribution in [3.63, 3.8) is 0 Å². The van der Waals surface area contributed by atoms with Crippen molar-refractivity contribution in [2.75, 3.05) is 16.8 Å². The number of hydrogen-bond acceptors (Lipinski definition) is 6. The number of nitrogens with one attached hydrogen (secondary N) is 1. The van der Waals surface area contributed by atoms with Crippen LogP contribution in [0.2, 0.25) is 0 Å². The van der Waals surface area contributed by atoms with Crippen LogP contribution in [0.4, 0.5) is 10.8 Å². The van der Waals surface area contributed by atoms with Crippen molar-refractivity contribution in [2.45, 2.75) is 39.2 Å². The van der Waals surface area contributed by atoms with Crippen LogP contribution in [0.25, 0.3) is 0 Å². The maximum atomic E-state index is 12.6. The number of para-hydroxylation sites is 1. The van der Waals surface area contributed by atoms with Crippen LogP contribution in [-0.4, -0.2) is 34.7 Å². The van der Waals surface area contributed by atoms with Crippen molar-refractivity contribution in [3.05, 3.63) is 64.7 Å². The van der Waals surface area contributed by atoms with Crippen molar-refractivity contribution < 1.29 is 14.3 Å². The Morgan fingerprint density at radius 1 is 1.16 bits per heavy atom. The first kappa shape index (κ1) is 21.0. The molecule has 2 heterocycles. The van der Waals surface area contributed by atoms with Crippen LogP contribution in [0.1, 0.15) is 35.4 Å². The normalized spacial score (nSPS) is 16.9. The van der Waals surface area contributed by atoms with Gasteiger partial charge >= 0.3 is 0 Å². The van der Waals surface area contributed by atoms with E-state index in [4.69, 9.17) is 4.74 Å². The molecule has 2 aromatic carbocycles. The lowest BCUT2D eigenvalue weighted by Crippen LogP contribution is -2.30. The molecule has 0 bridgehead atoms. The van der Waals surface area contributed by atoms with Gasteiger partial charge in [-0.25, -0.2) is 0 Å². The standard InChI is InChI=1S/C23H24N4O3S/c1-14-9-15(2)11-18(10-14)27-13-17(12-20(27)28)22-25-26-23(31-22)24-21(29)16(3)30-19-7-5-4-6-8-19/h4-11,16-17H,12-13H2,1-3H3,(H,24,26,29). The second-order valence-electron chi connectivity index (χ2n) is 7.76. The minimum Gasteiger partial charge on any atom is -0.481 e. The van der Waals surface area contributed by atoms with Crippen molar-refractivity contribution in [1.29, 1.82) is 0 Å². The zero-order chi connectivity index (χ0) is 22.0. The molecule has 2 unspecified atom stereocenters. The van der Waals surface area contributed by atoms with Gasteiger partial charge in [0.05, 0.1) is 0 Å². The number of nitrogens with zero attached hydrogens (tertiary/aromatic N) is 3. The molecule has 0 radical (unpaired) electrons. The van der Waals surface area contributed by atoms with Crippen LogP contribution in [0, 0.1) is 13.8 Å². The molecule has 1 saturated heterocycles. The lowest BCUT2D eigenvalue weighted by atomic mass is 10.1. The maximum absolute atomic E-state index is 12.6. The number of hydrogen-bond donors (Lipinski definition) is 1. The molecule has 1 aliphatic heterocycles. The summed E-state index contributed by atoms with van der Waals surface area (Å²) in [6, 6.07) is 15.3. The van der Waals surface area contributed by atoms with E-state index in [0.717, 1.165) is 21.8 Å². The molecule has 3 aromatic rings. The van der Waals surface area contributed by atoms with Crippen LogP contribution in [0.5, 0.6) is 5.75 Å². The molecule has 7 nitrogen and oxygen atoms in total. The Morgan fingerprint density at radius 2 is 1.87 bits per heavy atom. The highest BCUT2D eigenvalue weighted by Gasteiger charge is 2.34. The summed E-state index contributed by atoms with van der Waals surface area (Å²) >= 11 is 1.30. The van der Waals surface area contributed by atoms with E-state index in [0.29, 0.717) is 23.8 Å². The Labute approximate surface area is 185 Å². The summed E-state index contributed by atoms with van der Waals surface area (Å²) in [6.45, 7) is 6.28. The number of carbonyl (C=O) groups is 2. The molecule has 1 fully saturated rings. The molecular weight excluding hydrogens is 412 g/mol. The van der Waals surface area contributed by atoms with E-state index in [9.17, 15) is 9.59 Å². The van der Waals surface area contributed by atoms with E-state index >= 15 is 0 Å². The third-order valence-electron chi connectivity index (χ3n) is 5.09. The SMILES string of the molecule is Cc1cc(C)cc(N2CC(c3nnc(NC(=O)C(C)Oc4ccccc4)s3)CC2=O)c1. The van der Waals surface area contributed by atoms with E-state index in [-0.39, 0.29) is 17.7 Å². The van der Waals surface area contributed by atoms with E-state index in [1.807, 2.05) is 44.2 Å². The molecule has 160 valence electrons. The number of carbonyl (C=O) groups excluding carboxylic acids is 2. The molecule has 31 heavy (non-hydrogen) atoms. The van der Waals surface area contributed by atoms with Crippen LogP contribution in [-0.2, 0) is 9.59 Å². The van der Waals surface area contributed by atoms with Gasteiger partial charge in [0.2, 0.25) is 11.0 Å². The van der Waals surface area contributed by atoms with Gasteiger partial charge in [-0.15, -0.1) is 10.2 Å². The van der Waals surface area contributed by atoms with Crippen LogP contribution in [0.15, 0.2) is 48.5 Å². The highest BCUT2D eigenvalue weighted by molar-refractivity contribution is 7.15. The molecule has 2 atom stereocenters. The predicted octanol–water partition coefficient (Wildman–Crippen LogP) is 4.08. The van der Waals surface area contributed by atoms with Crippen molar-refractivity contribution in [2.24, 2.45) is 0 Å². The highest BCUT2D eigenvalue weighted by Crippen LogP contribution is 2.35. The number of benzene rings is 2. The van der Waals surface area contributed by atoms with E-state index in [1.165, 1.54) is 11.3 Å². The average molecular weight is 437 g/mol. The molecule has 4 rings (SSSR count). The zero-order valence-corrected chi connectivity index (χ0v) is 18.5. The first-order chi connectivity index (χ1) is 14.9. The molecule has 0 saturated carbocycles. The van der Waals surface area contributed by atoms with Gasteiger partial charge in [-0.05, 0) is 56.2 Å². The van der Waals surface area contributed by atoms with Crippen LogP contribution < -0.4 is 15.0 Å². The van der Waals surface area contributed by atoms with Crippen molar-refractivity contribution >= 4 is 34.0 Å². The summed E-state index contributed by atoms with van der Waals surface area (Å²) in [5, 5.41) is 12.2. The average Bonchev–Trinajstić information content (AvgIpc) is 3.34. The number of aromatic nitrogens is 2. The van der Waals surface area contributed by atoms with E-state index in [2.05, 4.69) is 21.6 Å². The van der Waals surface area contributed by atoms with Gasteiger partial charge in [0.15, 0.2) is 6.10 Å². The Morgan fingerprint density at radius 3 is 2.58 bits per heavy atom. The molecule has 1 aliphatic rings. The monoisotopic (exact) mass is 436 g/mol. The Balaban J connectivity index is 1.39. The fourth-order valence-electron chi connectivity index (χ4n) is 3.64. The predicted molar refractivity (Wildman–Crippen MR) is 121 cm³/mol. The molecule has 2 amide bonds. The first-order valence-corrected chi connectivity index (χ1v) is 11.0. The largest absolute Gasteiger partial charge is 0.481 e. The molecule has 0 aliphatic carbocycles. The molecule has 0 spiro atoms. The summed E-state index contributed by atoms with van der Waals surface area (Å²) in [5.41, 5.74) is 3.16. The summed E-state index contributed by atoms with van der Waals surface area (Å²) in [5.74, 6) is 0.347. The molecule has 1 aromatic heterocycles. The fraction of sp³-hybridized carbons (Fsp3) is 0.304. The number of amides is 2. The summed E-state index contributed by atoms with van der Waals surface area (Å²) in [7, 11) is 0. The Hall–Kier alpha value is -3.26. The molecule has 8 heteroatoms. The van der Waals surface area contributed by atoms with Crippen LogP contribution >= 0.6 is 11.3 Å². The minimum absolute atomic E-state index is 0.0468. The zero-order valence-electron chi connectivity index (χ0n) is 17.7. The van der Waals surface area contributed by atoms with Gasteiger partial charge in [-0.1, -0.05) is 35.6 Å². The first-order valence-electron chi connectivity index (χ1n) is 10.1. The minimum atomic E-state index is -0.678. The lowest BCUT2D eigenvalue weighted by molar-refractivity contribution is -0.122. The third-order valence-corrected chi connectivity index (χ3v) is 6.09. The number of rotatable bonds is 6. The molecular formula is C23H24N4O3S. The van der Waals surface area contributed by atoms with Gasteiger partial charge in [0.25, 0.3) is 5.91 Å². The third kappa shape index (κ3) is 4.91. The Kier molecular flexibility index (Phi) is 5.99. The highest BCUT2D eigenvalue weighted by atomic mass is 32.1. The second-order valence-corrected chi connectivity index (χ2v) is 8.77. The summed E-state index contributed by atoms with van der Waals surface area (Å²) < 4.78 is 5.64. The van der Waals surface area contributed by atoms with Crippen molar-refractivity contribution in [1.82, 2.24) is 10.2 Å². The van der Waals surface area contributed by atoms with Crippen LogP contribution in [0.3, 0.4) is 0 Å². The number of anilines is 2. The second kappa shape index (κ2) is 8.85. The topological polar surface area (TPSA) is 84.4 Å². The van der Waals surface area contributed by atoms with E-state index < -0.39 is 6.10 Å². The van der Waals surface area contributed by atoms with Gasteiger partial charge < -0.3 is 9.64 Å². The number of ether oxygens (including phenoxy) is 1. The van der Waals surface area contributed by atoms with Gasteiger partial charge in [0.1, 0.15) is 10.8 Å². The Bertz CT molecular complexity index is 1080. The van der Waals surface area contributed by atoms with Crippen molar-refractivity contribution in [3.8, 4) is 5.75 Å². The number of aryl methyl sites for hydroxylation is 2. The fourth-order valence-corrected chi connectivity index (χ4v) is 4.48. The smallest absolute Gasteiger partial charge is 0.266 e. The lowest BCUT2D eigenvalue weighted by Gasteiger charge is -2.17. The molecule has 1 N–H and O–H groups in total. The van der Waals surface area contributed by atoms with Gasteiger partial charge in [-0.2, -0.15) is 0 Å². The summed E-state index contributed by atoms with van der Waals surface area (Å²) in [6.07, 6.45) is -0.300. The van der Waals surface area contributed by atoms with E-state index in [1.54, 1.807) is 24.0 Å². The van der Waals surface area contributed by atoms with Gasteiger partial charge in [0, 0.05) is 24.6 Å². The summed E-state index contributed by atoms with van der Waals surface area (Å²) in [4.78, 5) is 26.9. The maximum Gasteiger partial charge on any atom is 0.266 e. The van der Waals surface area contributed by atoms with Gasteiger partial charge in [-0.3, -0.25) is 14.9 Å². The quantitative estimate of drug-likeness (QED) is 0.629.